The van der Waals surface area contributed by atoms with Crippen molar-refractivity contribution >= 4 is 29.6 Å². The summed E-state index contributed by atoms with van der Waals surface area (Å²) in [7, 11) is 0. The minimum absolute atomic E-state index is 0.0117. The molecular formula is C21H40N6O6. The van der Waals surface area contributed by atoms with Crippen molar-refractivity contribution in [2.75, 3.05) is 6.54 Å². The number of nitrogens with one attached hydrogen (secondary N) is 3. The van der Waals surface area contributed by atoms with Gasteiger partial charge < -0.3 is 38.3 Å². The van der Waals surface area contributed by atoms with Gasteiger partial charge in [0.2, 0.25) is 23.6 Å². The molecule has 0 saturated heterocycles. The molecule has 0 spiro atoms. The van der Waals surface area contributed by atoms with E-state index in [4.69, 9.17) is 17.2 Å². The van der Waals surface area contributed by atoms with E-state index in [9.17, 15) is 29.1 Å². The molecule has 0 radical (unpaired) electrons. The largest absolute Gasteiger partial charge is 0.480 e. The van der Waals surface area contributed by atoms with E-state index in [1.807, 2.05) is 13.8 Å². The lowest BCUT2D eigenvalue weighted by Crippen LogP contribution is -2.58. The summed E-state index contributed by atoms with van der Waals surface area (Å²) in [5.41, 5.74) is 16.1. The van der Waals surface area contributed by atoms with Crippen LogP contribution < -0.4 is 33.2 Å². The second-order valence-electron chi connectivity index (χ2n) is 8.88. The van der Waals surface area contributed by atoms with Gasteiger partial charge in [-0.05, 0) is 44.1 Å². The maximum Gasteiger partial charge on any atom is 0.326 e. The van der Waals surface area contributed by atoms with E-state index in [1.54, 1.807) is 13.8 Å². The van der Waals surface area contributed by atoms with Gasteiger partial charge in [-0.1, -0.05) is 27.7 Å². The molecule has 0 saturated carbocycles. The fourth-order valence-electron chi connectivity index (χ4n) is 3.09. The molecule has 4 unspecified atom stereocenters. The summed E-state index contributed by atoms with van der Waals surface area (Å²) in [6.45, 7) is 7.51. The first kappa shape index (κ1) is 30.3. The van der Waals surface area contributed by atoms with Crippen LogP contribution in [0.4, 0.5) is 0 Å². The quantitative estimate of drug-likeness (QED) is 0.131. The highest BCUT2D eigenvalue weighted by molar-refractivity contribution is 5.95. The first-order chi connectivity index (χ1) is 15.3. The Kier molecular flexibility index (Phi) is 13.9. The highest BCUT2D eigenvalue weighted by Crippen LogP contribution is 2.10. The zero-order chi connectivity index (χ0) is 25.7. The fourth-order valence-corrected chi connectivity index (χ4v) is 3.09. The SMILES string of the molecule is CC(C)CC(NC(=O)C(NC(=O)C(N)CC(N)=O)C(C)C)C(=O)NC(CCCCN)C(=O)O. The maximum absolute atomic E-state index is 12.9. The molecular weight excluding hydrogens is 432 g/mol. The summed E-state index contributed by atoms with van der Waals surface area (Å²) in [6, 6.07) is -4.36. The van der Waals surface area contributed by atoms with Crippen molar-refractivity contribution in [3.8, 4) is 0 Å². The highest BCUT2D eigenvalue weighted by Gasteiger charge is 2.32. The minimum Gasteiger partial charge on any atom is -0.480 e. The minimum atomic E-state index is -1.21. The van der Waals surface area contributed by atoms with Crippen molar-refractivity contribution in [2.45, 2.75) is 84.0 Å². The molecule has 4 amide bonds. The van der Waals surface area contributed by atoms with Gasteiger partial charge in [-0.3, -0.25) is 19.2 Å². The zero-order valence-electron chi connectivity index (χ0n) is 19.9. The van der Waals surface area contributed by atoms with Gasteiger partial charge in [0.05, 0.1) is 12.5 Å². The van der Waals surface area contributed by atoms with Gasteiger partial charge in [-0.2, -0.15) is 0 Å². The van der Waals surface area contributed by atoms with Crippen LogP contribution in [-0.4, -0.2) is 65.4 Å². The summed E-state index contributed by atoms with van der Waals surface area (Å²) in [5, 5.41) is 17.0. The van der Waals surface area contributed by atoms with Crippen molar-refractivity contribution < 1.29 is 29.1 Å². The first-order valence-electron chi connectivity index (χ1n) is 11.2. The van der Waals surface area contributed by atoms with Crippen LogP contribution in [0.5, 0.6) is 0 Å². The number of hydrogen-bond acceptors (Lipinski definition) is 7. The van der Waals surface area contributed by atoms with Crippen molar-refractivity contribution in [1.82, 2.24) is 16.0 Å². The van der Waals surface area contributed by atoms with Crippen LogP contribution in [0.25, 0.3) is 0 Å². The molecule has 33 heavy (non-hydrogen) atoms. The molecule has 0 heterocycles. The number of unbranched alkanes of at least 4 members (excludes halogenated alkanes) is 1. The molecule has 12 nitrogen and oxygen atoms in total. The predicted molar refractivity (Wildman–Crippen MR) is 122 cm³/mol. The Morgan fingerprint density at radius 3 is 1.88 bits per heavy atom. The van der Waals surface area contributed by atoms with Crippen LogP contribution in [0, 0.1) is 11.8 Å². The third kappa shape index (κ3) is 12.2. The van der Waals surface area contributed by atoms with Crippen LogP contribution in [0.2, 0.25) is 0 Å². The maximum atomic E-state index is 12.9. The van der Waals surface area contributed by atoms with Crippen molar-refractivity contribution in [1.29, 1.82) is 0 Å². The second-order valence-corrected chi connectivity index (χ2v) is 8.88. The average molecular weight is 473 g/mol. The number of carboxylic acids is 1. The van der Waals surface area contributed by atoms with Crippen LogP contribution in [0.3, 0.4) is 0 Å². The van der Waals surface area contributed by atoms with Crippen molar-refractivity contribution in [2.24, 2.45) is 29.0 Å². The predicted octanol–water partition coefficient (Wildman–Crippen LogP) is -1.44. The van der Waals surface area contributed by atoms with E-state index < -0.39 is 53.8 Å². The van der Waals surface area contributed by atoms with Crippen LogP contribution in [0.1, 0.15) is 59.8 Å². The number of carbonyl (C=O) groups excluding carboxylic acids is 4. The number of carbonyl (C=O) groups is 5. The third-order valence-corrected chi connectivity index (χ3v) is 4.91. The fraction of sp³-hybridized carbons (Fsp3) is 0.762. The molecule has 0 aromatic rings. The van der Waals surface area contributed by atoms with Gasteiger partial charge in [0.25, 0.3) is 0 Å². The summed E-state index contributed by atoms with van der Waals surface area (Å²) < 4.78 is 0. The van der Waals surface area contributed by atoms with E-state index in [0.717, 1.165) is 0 Å². The summed E-state index contributed by atoms with van der Waals surface area (Å²) >= 11 is 0. The summed E-state index contributed by atoms with van der Waals surface area (Å²) in [5.74, 6) is -4.25. The van der Waals surface area contributed by atoms with Crippen LogP contribution in [0.15, 0.2) is 0 Å². The monoisotopic (exact) mass is 472 g/mol. The molecule has 190 valence electrons. The number of nitrogens with two attached hydrogens (primary N) is 3. The first-order valence-corrected chi connectivity index (χ1v) is 11.2. The Balaban J connectivity index is 5.39. The van der Waals surface area contributed by atoms with E-state index in [2.05, 4.69) is 16.0 Å². The number of amides is 4. The molecule has 0 fully saturated rings. The second kappa shape index (κ2) is 15.2. The summed E-state index contributed by atoms with van der Waals surface area (Å²) in [6.07, 6.45) is 1.24. The summed E-state index contributed by atoms with van der Waals surface area (Å²) in [4.78, 5) is 60.6. The third-order valence-electron chi connectivity index (χ3n) is 4.91. The van der Waals surface area contributed by atoms with E-state index >= 15 is 0 Å². The average Bonchev–Trinajstić information content (AvgIpc) is 2.69. The van der Waals surface area contributed by atoms with E-state index in [-0.39, 0.29) is 31.1 Å². The molecule has 0 aromatic heterocycles. The van der Waals surface area contributed by atoms with Gasteiger partial charge in [0.15, 0.2) is 0 Å². The lowest BCUT2D eigenvalue weighted by molar-refractivity contribution is -0.142. The lowest BCUT2D eigenvalue weighted by Gasteiger charge is -2.27. The van der Waals surface area contributed by atoms with E-state index in [0.29, 0.717) is 19.4 Å². The van der Waals surface area contributed by atoms with Gasteiger partial charge >= 0.3 is 5.97 Å². The van der Waals surface area contributed by atoms with Gasteiger partial charge in [-0.15, -0.1) is 0 Å². The topological polar surface area (TPSA) is 220 Å². The smallest absolute Gasteiger partial charge is 0.326 e. The molecule has 0 bridgehead atoms. The van der Waals surface area contributed by atoms with Gasteiger partial charge in [-0.25, -0.2) is 4.79 Å². The molecule has 0 aliphatic carbocycles. The molecule has 0 aliphatic heterocycles. The molecule has 0 rings (SSSR count). The Morgan fingerprint density at radius 2 is 1.42 bits per heavy atom. The number of hydrogen-bond donors (Lipinski definition) is 7. The Labute approximate surface area is 194 Å². The van der Waals surface area contributed by atoms with Gasteiger partial charge in [0.1, 0.15) is 18.1 Å². The number of rotatable bonds is 16. The van der Waals surface area contributed by atoms with Crippen molar-refractivity contribution in [3.63, 3.8) is 0 Å². The standard InChI is InChI=1S/C21H40N6O6/c1-11(2)9-15(19(30)25-14(21(32)33)7-5-6-8-22)26-20(31)17(12(3)4)27-18(29)13(23)10-16(24)28/h11-15,17H,5-10,22-23H2,1-4H3,(H2,24,28)(H,25,30)(H,26,31)(H,27,29)(H,32,33). The number of carboxylic acid groups (broad SMARTS) is 1. The molecule has 10 N–H and O–H groups in total. The van der Waals surface area contributed by atoms with Gasteiger partial charge in [0, 0.05) is 0 Å². The normalized spacial score (nSPS) is 14.8. The van der Waals surface area contributed by atoms with Crippen LogP contribution in [-0.2, 0) is 24.0 Å². The molecule has 0 aromatic carbocycles. The Hall–Kier alpha value is -2.73. The number of primary amides is 1. The molecule has 12 heteroatoms. The van der Waals surface area contributed by atoms with Crippen molar-refractivity contribution in [3.05, 3.63) is 0 Å². The number of aliphatic carboxylic acids is 1. The lowest BCUT2D eigenvalue weighted by atomic mass is 9.99. The highest BCUT2D eigenvalue weighted by atomic mass is 16.4. The van der Waals surface area contributed by atoms with E-state index in [1.165, 1.54) is 0 Å². The Morgan fingerprint density at radius 1 is 0.848 bits per heavy atom. The molecule has 0 aliphatic rings. The Bertz CT molecular complexity index is 684. The zero-order valence-corrected chi connectivity index (χ0v) is 19.9. The molecule has 4 atom stereocenters. The van der Waals surface area contributed by atoms with Crippen LogP contribution >= 0.6 is 0 Å².